The molecule has 2 aromatic carbocycles. The van der Waals surface area contributed by atoms with Gasteiger partial charge in [-0.25, -0.2) is 13.2 Å². The number of rotatable bonds is 6. The molecule has 9 nitrogen and oxygen atoms in total. The normalized spacial score (nSPS) is 14.5. The third-order valence-corrected chi connectivity index (χ3v) is 6.60. The molecule has 2 N–H and O–H groups in total. The van der Waals surface area contributed by atoms with Crippen LogP contribution in [-0.2, 0) is 19.6 Å². The maximum Gasteiger partial charge on any atom is 0.338 e. The third kappa shape index (κ3) is 5.89. The molecule has 1 aliphatic heterocycles. The zero-order chi connectivity index (χ0) is 22.3. The molecule has 1 fully saturated rings. The third-order valence-electron chi connectivity index (χ3n) is 4.71. The number of esters is 1. The summed E-state index contributed by atoms with van der Waals surface area (Å²) in [6.07, 6.45) is 2.60. The Morgan fingerprint density at radius 2 is 1.55 bits per heavy atom. The van der Waals surface area contributed by atoms with Crippen molar-refractivity contribution in [3.8, 4) is 0 Å². The van der Waals surface area contributed by atoms with Crippen molar-refractivity contribution < 1.29 is 27.5 Å². The minimum absolute atomic E-state index is 0.00317. The first kappa shape index (κ1) is 22.4. The van der Waals surface area contributed by atoms with Crippen LogP contribution in [-0.4, -0.2) is 50.2 Å². The van der Waals surface area contributed by atoms with Gasteiger partial charge in [-0.05, 0) is 43.2 Å². The summed E-state index contributed by atoms with van der Waals surface area (Å²) in [5.41, 5.74) is 4.73. The van der Waals surface area contributed by atoms with Crippen molar-refractivity contribution in [1.82, 2.24) is 15.2 Å². The highest BCUT2D eigenvalue weighted by Crippen LogP contribution is 2.21. The van der Waals surface area contributed by atoms with Crippen molar-refractivity contribution in [1.29, 1.82) is 0 Å². The standard InChI is InChI=1S/C21H23N3O6S/c25-19(22-23-20(26)16-8-3-1-4-9-16)15-30-21(27)17-10-7-11-18(14-17)31(28,29)24-12-5-2-6-13-24/h1,3-4,7-11,14H,2,5-6,12-13,15H2,(H,22,25)(H,23,26). The Balaban J connectivity index is 1.54. The second-order valence-corrected chi connectivity index (χ2v) is 8.87. The lowest BCUT2D eigenvalue weighted by Crippen LogP contribution is -2.43. The van der Waals surface area contributed by atoms with Crippen molar-refractivity contribution in [2.24, 2.45) is 0 Å². The quantitative estimate of drug-likeness (QED) is 0.513. The number of amides is 2. The Labute approximate surface area is 180 Å². The summed E-state index contributed by atoms with van der Waals surface area (Å²) in [6, 6.07) is 13.8. The molecular weight excluding hydrogens is 422 g/mol. The van der Waals surface area contributed by atoms with Gasteiger partial charge in [0.2, 0.25) is 10.0 Å². The van der Waals surface area contributed by atoms with Crippen LogP contribution < -0.4 is 10.9 Å². The summed E-state index contributed by atoms with van der Waals surface area (Å²) in [4.78, 5) is 36.0. The molecule has 2 aromatic rings. The molecular formula is C21H23N3O6S. The maximum atomic E-state index is 12.8. The van der Waals surface area contributed by atoms with Gasteiger partial charge in [-0.3, -0.25) is 20.4 Å². The number of ether oxygens (including phenoxy) is 1. The van der Waals surface area contributed by atoms with Gasteiger partial charge in [0.1, 0.15) is 0 Å². The van der Waals surface area contributed by atoms with Crippen LogP contribution >= 0.6 is 0 Å². The average molecular weight is 445 g/mol. The van der Waals surface area contributed by atoms with E-state index in [9.17, 15) is 22.8 Å². The lowest BCUT2D eigenvalue weighted by atomic mass is 10.2. The van der Waals surface area contributed by atoms with Gasteiger partial charge in [0.05, 0.1) is 10.5 Å². The molecule has 3 rings (SSSR count). The van der Waals surface area contributed by atoms with E-state index in [1.165, 1.54) is 28.6 Å². The molecule has 2 amide bonds. The fourth-order valence-corrected chi connectivity index (χ4v) is 4.64. The number of benzene rings is 2. The average Bonchev–Trinajstić information content (AvgIpc) is 2.82. The van der Waals surface area contributed by atoms with Gasteiger partial charge in [0.25, 0.3) is 11.8 Å². The fraction of sp³-hybridized carbons (Fsp3) is 0.286. The molecule has 1 saturated heterocycles. The van der Waals surface area contributed by atoms with Crippen LogP contribution in [0, 0.1) is 0 Å². The molecule has 0 aliphatic carbocycles. The van der Waals surface area contributed by atoms with E-state index in [1.807, 2.05) is 0 Å². The summed E-state index contributed by atoms with van der Waals surface area (Å²) in [6.45, 7) is 0.259. The summed E-state index contributed by atoms with van der Waals surface area (Å²) in [5, 5.41) is 0. The number of nitrogens with zero attached hydrogens (tertiary/aromatic N) is 1. The van der Waals surface area contributed by atoms with E-state index in [2.05, 4.69) is 10.9 Å². The van der Waals surface area contributed by atoms with Gasteiger partial charge in [-0.1, -0.05) is 30.7 Å². The molecule has 31 heavy (non-hydrogen) atoms. The zero-order valence-corrected chi connectivity index (χ0v) is 17.6. The van der Waals surface area contributed by atoms with Crippen LogP contribution in [0.2, 0.25) is 0 Å². The smallest absolute Gasteiger partial charge is 0.338 e. The van der Waals surface area contributed by atoms with Gasteiger partial charge in [-0.15, -0.1) is 0 Å². The number of nitrogens with one attached hydrogen (secondary N) is 2. The van der Waals surface area contributed by atoms with Crippen LogP contribution in [0.15, 0.2) is 59.5 Å². The molecule has 10 heteroatoms. The van der Waals surface area contributed by atoms with Gasteiger partial charge >= 0.3 is 5.97 Å². The van der Waals surface area contributed by atoms with Crippen molar-refractivity contribution in [2.45, 2.75) is 24.2 Å². The number of hydrogen-bond donors (Lipinski definition) is 2. The summed E-state index contributed by atoms with van der Waals surface area (Å²) >= 11 is 0. The zero-order valence-electron chi connectivity index (χ0n) is 16.7. The number of hydrazine groups is 1. The van der Waals surface area contributed by atoms with E-state index in [0.717, 1.165) is 19.3 Å². The SMILES string of the molecule is O=C(COC(=O)c1cccc(S(=O)(=O)N2CCCCC2)c1)NNC(=O)c1ccccc1. The lowest BCUT2D eigenvalue weighted by Gasteiger charge is -2.25. The predicted octanol–water partition coefficient (Wildman–Crippen LogP) is 1.48. The largest absolute Gasteiger partial charge is 0.452 e. The number of piperidine rings is 1. The molecule has 0 bridgehead atoms. The maximum absolute atomic E-state index is 12.8. The molecule has 164 valence electrons. The molecule has 0 unspecified atom stereocenters. The van der Waals surface area contributed by atoms with E-state index >= 15 is 0 Å². The van der Waals surface area contributed by atoms with Crippen LogP contribution in [0.3, 0.4) is 0 Å². The number of sulfonamides is 1. The van der Waals surface area contributed by atoms with Gasteiger partial charge in [0.15, 0.2) is 6.61 Å². The van der Waals surface area contributed by atoms with Gasteiger partial charge in [0, 0.05) is 18.7 Å². The highest BCUT2D eigenvalue weighted by Gasteiger charge is 2.26. The topological polar surface area (TPSA) is 122 Å². The Bertz CT molecular complexity index is 1050. The highest BCUT2D eigenvalue weighted by atomic mass is 32.2. The van der Waals surface area contributed by atoms with E-state index in [1.54, 1.807) is 30.3 Å². The molecule has 1 heterocycles. The van der Waals surface area contributed by atoms with Gasteiger partial charge < -0.3 is 4.74 Å². The molecule has 1 aliphatic rings. The fourth-order valence-electron chi connectivity index (χ4n) is 3.08. The van der Waals surface area contributed by atoms with E-state index in [0.29, 0.717) is 18.7 Å². The van der Waals surface area contributed by atoms with Crippen LogP contribution in [0.1, 0.15) is 40.0 Å². The van der Waals surface area contributed by atoms with Crippen molar-refractivity contribution in [2.75, 3.05) is 19.7 Å². The Hall–Kier alpha value is -3.24. The first-order valence-electron chi connectivity index (χ1n) is 9.79. The van der Waals surface area contributed by atoms with E-state index in [-0.39, 0.29) is 10.5 Å². The van der Waals surface area contributed by atoms with Crippen molar-refractivity contribution >= 4 is 27.8 Å². The second kappa shape index (κ2) is 10.2. The summed E-state index contributed by atoms with van der Waals surface area (Å²) in [5.74, 6) is -2.11. The first-order valence-corrected chi connectivity index (χ1v) is 11.2. The molecule has 0 saturated carbocycles. The molecule has 0 radical (unpaired) electrons. The monoisotopic (exact) mass is 445 g/mol. The molecule has 0 aromatic heterocycles. The van der Waals surface area contributed by atoms with Gasteiger partial charge in [-0.2, -0.15) is 4.31 Å². The number of carbonyl (C=O) groups is 3. The van der Waals surface area contributed by atoms with Crippen LogP contribution in [0.4, 0.5) is 0 Å². The first-order chi connectivity index (χ1) is 14.9. The Morgan fingerprint density at radius 1 is 0.871 bits per heavy atom. The highest BCUT2D eigenvalue weighted by molar-refractivity contribution is 7.89. The minimum Gasteiger partial charge on any atom is -0.452 e. The second-order valence-electron chi connectivity index (χ2n) is 6.94. The van der Waals surface area contributed by atoms with Crippen LogP contribution in [0.5, 0.6) is 0 Å². The lowest BCUT2D eigenvalue weighted by molar-refractivity contribution is -0.125. The predicted molar refractivity (Wildman–Crippen MR) is 111 cm³/mol. The van der Waals surface area contributed by atoms with Crippen molar-refractivity contribution in [3.05, 3.63) is 65.7 Å². The van der Waals surface area contributed by atoms with E-state index < -0.39 is 34.4 Å². The van der Waals surface area contributed by atoms with Crippen LogP contribution in [0.25, 0.3) is 0 Å². The Kier molecular flexibility index (Phi) is 7.37. The van der Waals surface area contributed by atoms with Crippen molar-refractivity contribution in [3.63, 3.8) is 0 Å². The molecule has 0 spiro atoms. The number of hydrogen-bond acceptors (Lipinski definition) is 6. The summed E-state index contributed by atoms with van der Waals surface area (Å²) < 4.78 is 31.9. The molecule has 0 atom stereocenters. The Morgan fingerprint density at radius 3 is 2.26 bits per heavy atom. The summed E-state index contributed by atoms with van der Waals surface area (Å²) in [7, 11) is -3.70. The van der Waals surface area contributed by atoms with E-state index in [4.69, 9.17) is 4.74 Å². The minimum atomic E-state index is -3.70. The number of carbonyl (C=O) groups excluding carboxylic acids is 3.